The molecule has 0 aliphatic carbocycles. The molecular weight excluding hydrogens is 284 g/mol. The highest BCUT2D eigenvalue weighted by atomic mass is 32.2. The first-order valence-electron chi connectivity index (χ1n) is 7.81. The molecule has 0 amide bonds. The van der Waals surface area contributed by atoms with Gasteiger partial charge in [0.05, 0.1) is 4.90 Å². The van der Waals surface area contributed by atoms with Crippen LogP contribution >= 0.6 is 0 Å². The number of hydrogen-bond donors (Lipinski definition) is 1. The number of nitrogens with two attached hydrogens (primary N) is 1. The average molecular weight is 310 g/mol. The Balaban J connectivity index is 2.19. The van der Waals surface area contributed by atoms with Crippen LogP contribution in [0, 0.1) is 12.8 Å². The molecular formula is C16H26N2O2S. The van der Waals surface area contributed by atoms with Crippen LogP contribution in [0.4, 0.5) is 5.69 Å². The highest BCUT2D eigenvalue weighted by Crippen LogP contribution is 2.27. The van der Waals surface area contributed by atoms with E-state index >= 15 is 0 Å². The van der Waals surface area contributed by atoms with Gasteiger partial charge < -0.3 is 5.73 Å². The number of sulfonamides is 1. The smallest absolute Gasteiger partial charge is 0.243 e. The van der Waals surface area contributed by atoms with Crippen LogP contribution in [-0.4, -0.2) is 25.8 Å². The second kappa shape index (κ2) is 6.79. The third-order valence-corrected chi connectivity index (χ3v) is 6.38. The van der Waals surface area contributed by atoms with Crippen molar-refractivity contribution in [3.05, 3.63) is 23.8 Å². The van der Waals surface area contributed by atoms with E-state index in [1.165, 1.54) is 12.8 Å². The first-order chi connectivity index (χ1) is 9.95. The van der Waals surface area contributed by atoms with E-state index in [2.05, 4.69) is 6.92 Å². The van der Waals surface area contributed by atoms with E-state index in [0.29, 0.717) is 29.6 Å². The lowest BCUT2D eigenvalue weighted by atomic mass is 9.96. The topological polar surface area (TPSA) is 63.4 Å². The number of rotatable bonds is 4. The maximum absolute atomic E-state index is 12.8. The molecule has 0 radical (unpaired) electrons. The van der Waals surface area contributed by atoms with Crippen LogP contribution < -0.4 is 5.73 Å². The fraction of sp³-hybridized carbons (Fsp3) is 0.625. The molecule has 1 aliphatic rings. The first-order valence-corrected chi connectivity index (χ1v) is 9.25. The predicted octanol–water partition coefficient (Wildman–Crippen LogP) is 3.17. The minimum absolute atomic E-state index is 0.394. The zero-order valence-corrected chi connectivity index (χ0v) is 13.8. The largest absolute Gasteiger partial charge is 0.399 e. The van der Waals surface area contributed by atoms with Gasteiger partial charge in [0, 0.05) is 18.8 Å². The van der Waals surface area contributed by atoms with Crippen molar-refractivity contribution < 1.29 is 8.42 Å². The standard InChI is InChI=1S/C16H26N2O2S/c1-3-5-14-6-4-10-18(11-9-14)21(19,20)16-8-7-15(17)12-13(16)2/h7-8,12,14H,3-6,9-11,17H2,1-2H3. The van der Waals surface area contributed by atoms with E-state index in [1.807, 2.05) is 0 Å². The van der Waals surface area contributed by atoms with Gasteiger partial charge in [-0.15, -0.1) is 0 Å². The van der Waals surface area contributed by atoms with Crippen molar-refractivity contribution in [2.75, 3.05) is 18.8 Å². The summed E-state index contributed by atoms with van der Waals surface area (Å²) in [6.45, 7) is 5.27. The summed E-state index contributed by atoms with van der Waals surface area (Å²) < 4.78 is 27.3. The summed E-state index contributed by atoms with van der Waals surface area (Å²) in [4.78, 5) is 0.394. The lowest BCUT2D eigenvalue weighted by Gasteiger charge is -2.21. The molecule has 21 heavy (non-hydrogen) atoms. The number of benzene rings is 1. The van der Waals surface area contributed by atoms with Crippen molar-refractivity contribution >= 4 is 15.7 Å². The Morgan fingerprint density at radius 3 is 2.71 bits per heavy atom. The molecule has 1 fully saturated rings. The van der Waals surface area contributed by atoms with E-state index in [1.54, 1.807) is 29.4 Å². The number of hydrogen-bond acceptors (Lipinski definition) is 3. The molecule has 0 saturated carbocycles. The van der Waals surface area contributed by atoms with Crippen LogP contribution in [0.15, 0.2) is 23.1 Å². The van der Waals surface area contributed by atoms with Gasteiger partial charge in [-0.1, -0.05) is 19.8 Å². The fourth-order valence-electron chi connectivity index (χ4n) is 3.18. The van der Waals surface area contributed by atoms with Crippen molar-refractivity contribution in [1.82, 2.24) is 4.31 Å². The van der Waals surface area contributed by atoms with E-state index in [0.717, 1.165) is 24.8 Å². The lowest BCUT2D eigenvalue weighted by molar-refractivity contribution is 0.400. The Labute approximate surface area is 128 Å². The highest BCUT2D eigenvalue weighted by Gasteiger charge is 2.28. The predicted molar refractivity (Wildman–Crippen MR) is 86.6 cm³/mol. The minimum Gasteiger partial charge on any atom is -0.399 e. The van der Waals surface area contributed by atoms with Gasteiger partial charge in [-0.05, 0) is 55.9 Å². The number of anilines is 1. The van der Waals surface area contributed by atoms with Crippen molar-refractivity contribution in [3.63, 3.8) is 0 Å². The Morgan fingerprint density at radius 1 is 1.29 bits per heavy atom. The van der Waals surface area contributed by atoms with Crippen molar-refractivity contribution in [2.45, 2.75) is 50.8 Å². The summed E-state index contributed by atoms with van der Waals surface area (Å²) in [6, 6.07) is 5.02. The average Bonchev–Trinajstić information content (AvgIpc) is 2.65. The minimum atomic E-state index is -3.39. The number of nitrogen functional groups attached to an aromatic ring is 1. The molecule has 1 atom stereocenters. The molecule has 0 spiro atoms. The molecule has 118 valence electrons. The molecule has 0 bridgehead atoms. The van der Waals surface area contributed by atoms with Crippen LogP contribution in [0.1, 0.15) is 44.6 Å². The van der Waals surface area contributed by atoms with Crippen LogP contribution in [0.5, 0.6) is 0 Å². The van der Waals surface area contributed by atoms with Crippen LogP contribution in [0.2, 0.25) is 0 Å². The number of aryl methyl sites for hydroxylation is 1. The summed E-state index contributed by atoms with van der Waals surface area (Å²) in [6.07, 6.45) is 5.45. The SMILES string of the molecule is CCCC1CCCN(S(=O)(=O)c2ccc(N)cc2C)CC1. The normalized spacial score (nSPS) is 21.1. The molecule has 1 unspecified atom stereocenters. The van der Waals surface area contributed by atoms with Gasteiger partial charge in [0.1, 0.15) is 0 Å². The van der Waals surface area contributed by atoms with Crippen LogP contribution in [0.25, 0.3) is 0 Å². The van der Waals surface area contributed by atoms with Gasteiger partial charge in [-0.2, -0.15) is 4.31 Å². The Morgan fingerprint density at radius 2 is 2.05 bits per heavy atom. The second-order valence-electron chi connectivity index (χ2n) is 6.01. The zero-order valence-electron chi connectivity index (χ0n) is 13.0. The highest BCUT2D eigenvalue weighted by molar-refractivity contribution is 7.89. The maximum atomic E-state index is 12.8. The maximum Gasteiger partial charge on any atom is 0.243 e. The van der Waals surface area contributed by atoms with Gasteiger partial charge in [-0.3, -0.25) is 0 Å². The Bertz CT molecular complexity index is 584. The lowest BCUT2D eigenvalue weighted by Crippen LogP contribution is -2.32. The molecule has 5 heteroatoms. The summed E-state index contributed by atoms with van der Waals surface area (Å²) in [5.41, 5.74) is 7.05. The van der Waals surface area contributed by atoms with E-state index in [9.17, 15) is 8.42 Å². The third kappa shape index (κ3) is 3.77. The van der Waals surface area contributed by atoms with Gasteiger partial charge in [-0.25, -0.2) is 8.42 Å². The van der Waals surface area contributed by atoms with E-state index in [4.69, 9.17) is 5.73 Å². The van der Waals surface area contributed by atoms with Gasteiger partial charge in [0.2, 0.25) is 10.0 Å². The fourth-order valence-corrected chi connectivity index (χ4v) is 4.88. The molecule has 1 heterocycles. The van der Waals surface area contributed by atoms with Gasteiger partial charge >= 0.3 is 0 Å². The molecule has 1 saturated heterocycles. The zero-order chi connectivity index (χ0) is 15.5. The summed E-state index contributed by atoms with van der Waals surface area (Å²) in [5.74, 6) is 0.669. The molecule has 1 aromatic carbocycles. The van der Waals surface area contributed by atoms with Crippen LogP contribution in [-0.2, 0) is 10.0 Å². The Hall–Kier alpha value is -1.07. The van der Waals surface area contributed by atoms with E-state index in [-0.39, 0.29) is 0 Å². The summed E-state index contributed by atoms with van der Waals surface area (Å²) in [5, 5.41) is 0. The molecule has 1 aromatic rings. The van der Waals surface area contributed by atoms with Gasteiger partial charge in [0.15, 0.2) is 0 Å². The summed E-state index contributed by atoms with van der Waals surface area (Å²) >= 11 is 0. The molecule has 2 N–H and O–H groups in total. The summed E-state index contributed by atoms with van der Waals surface area (Å²) in [7, 11) is -3.39. The molecule has 0 aromatic heterocycles. The second-order valence-corrected chi connectivity index (χ2v) is 7.92. The molecule has 2 rings (SSSR count). The van der Waals surface area contributed by atoms with E-state index < -0.39 is 10.0 Å². The quantitative estimate of drug-likeness (QED) is 0.869. The Kier molecular flexibility index (Phi) is 5.27. The number of nitrogens with zero attached hydrogens (tertiary/aromatic N) is 1. The first kappa shape index (κ1) is 16.3. The van der Waals surface area contributed by atoms with Crippen LogP contribution in [0.3, 0.4) is 0 Å². The third-order valence-electron chi connectivity index (χ3n) is 4.32. The van der Waals surface area contributed by atoms with Crippen molar-refractivity contribution in [2.24, 2.45) is 5.92 Å². The van der Waals surface area contributed by atoms with Crippen molar-refractivity contribution in [1.29, 1.82) is 0 Å². The molecule has 1 aliphatic heterocycles. The van der Waals surface area contributed by atoms with Crippen molar-refractivity contribution in [3.8, 4) is 0 Å². The molecule has 4 nitrogen and oxygen atoms in total. The monoisotopic (exact) mass is 310 g/mol. The van der Waals surface area contributed by atoms with Gasteiger partial charge in [0.25, 0.3) is 0 Å².